The number of nitro benzene ring substituents is 1. The second-order valence-corrected chi connectivity index (χ2v) is 5.43. The number of aromatic amines is 1. The Morgan fingerprint density at radius 1 is 1.48 bits per heavy atom. The van der Waals surface area contributed by atoms with Crippen LogP contribution in [0.3, 0.4) is 0 Å². The molecule has 3 rings (SSSR count). The lowest BCUT2D eigenvalue weighted by molar-refractivity contribution is -0.632. The van der Waals surface area contributed by atoms with Crippen molar-refractivity contribution < 1.29 is 18.8 Å². The number of hydrazone groups is 1. The molecule has 0 fully saturated rings. The van der Waals surface area contributed by atoms with Gasteiger partial charge in [-0.15, -0.1) is 9.78 Å². The molecule has 11 nitrogen and oxygen atoms in total. The Labute approximate surface area is 153 Å². The number of hydrogen-bond donors (Lipinski definition) is 3. The van der Waals surface area contributed by atoms with E-state index in [-0.39, 0.29) is 5.69 Å². The molecule has 27 heavy (non-hydrogen) atoms. The standard InChI is InChI=1S/C16H17N7O4/c1-3-15-19-21-16(22(15)17)20-18-9-11-5-7-14(27-11)12-8-10(23(24)25)4-6-13(12)26-2/h4-9H,3,17H2,1-2H3,(H,20,21)/p+1. The highest BCUT2D eigenvalue weighted by molar-refractivity contribution is 5.79. The molecule has 11 heteroatoms. The number of non-ortho nitro benzene ring substituents is 1. The van der Waals surface area contributed by atoms with E-state index in [4.69, 9.17) is 15.0 Å². The van der Waals surface area contributed by atoms with E-state index in [1.54, 1.807) is 12.1 Å². The number of nitrogen functional groups attached to an aromatic ring is 1. The van der Waals surface area contributed by atoms with Gasteiger partial charge in [0.25, 0.3) is 5.69 Å². The van der Waals surface area contributed by atoms with E-state index in [2.05, 4.69) is 20.7 Å². The SMILES string of the molecule is CCc1[nH]nc(NN=Cc2ccc(-c3cc([N+](=O)[O-])ccc3OC)o2)[n+]1N. The molecule has 0 radical (unpaired) electrons. The van der Waals surface area contributed by atoms with Crippen molar-refractivity contribution in [3.05, 3.63) is 52.0 Å². The van der Waals surface area contributed by atoms with Crippen LogP contribution in [0.15, 0.2) is 39.9 Å². The highest BCUT2D eigenvalue weighted by atomic mass is 16.6. The van der Waals surface area contributed by atoms with Gasteiger partial charge < -0.3 is 9.15 Å². The van der Waals surface area contributed by atoms with Crippen molar-refractivity contribution in [2.24, 2.45) is 5.10 Å². The molecule has 0 spiro atoms. The number of ether oxygens (including phenoxy) is 1. The predicted octanol–water partition coefficient (Wildman–Crippen LogP) is 1.60. The fourth-order valence-corrected chi connectivity index (χ4v) is 2.40. The van der Waals surface area contributed by atoms with Crippen LogP contribution in [0.4, 0.5) is 11.6 Å². The maximum atomic E-state index is 11.0. The van der Waals surface area contributed by atoms with Crippen LogP contribution in [0.5, 0.6) is 5.75 Å². The fourth-order valence-electron chi connectivity index (χ4n) is 2.40. The number of anilines is 1. The summed E-state index contributed by atoms with van der Waals surface area (Å²) in [6.45, 7) is 1.94. The first-order valence-electron chi connectivity index (χ1n) is 7.99. The summed E-state index contributed by atoms with van der Waals surface area (Å²) < 4.78 is 12.3. The lowest BCUT2D eigenvalue weighted by Gasteiger charge is -2.05. The van der Waals surface area contributed by atoms with Crippen molar-refractivity contribution in [3.8, 4) is 17.1 Å². The first-order chi connectivity index (χ1) is 13.0. The molecule has 0 aliphatic carbocycles. The molecule has 140 valence electrons. The van der Waals surface area contributed by atoms with E-state index in [0.29, 0.717) is 35.2 Å². The van der Waals surface area contributed by atoms with Gasteiger partial charge in [0.1, 0.15) is 23.5 Å². The maximum Gasteiger partial charge on any atom is 0.421 e. The van der Waals surface area contributed by atoms with Gasteiger partial charge in [0.15, 0.2) is 0 Å². The average Bonchev–Trinajstić information content (AvgIpc) is 3.28. The lowest BCUT2D eigenvalue weighted by Crippen LogP contribution is -2.48. The number of nitrogens with two attached hydrogens (primary N) is 1. The molecule has 0 atom stereocenters. The first kappa shape index (κ1) is 17.9. The van der Waals surface area contributed by atoms with Gasteiger partial charge in [-0.25, -0.2) is 0 Å². The average molecular weight is 372 g/mol. The summed E-state index contributed by atoms with van der Waals surface area (Å²) in [5.74, 6) is 8.23. The Morgan fingerprint density at radius 3 is 2.96 bits per heavy atom. The van der Waals surface area contributed by atoms with Crippen LogP contribution >= 0.6 is 0 Å². The van der Waals surface area contributed by atoms with Crippen molar-refractivity contribution >= 4 is 17.9 Å². The number of methoxy groups -OCH3 is 1. The fraction of sp³-hybridized carbons (Fsp3) is 0.188. The Hall–Kier alpha value is -3.89. The number of hydrogen-bond acceptors (Lipinski definition) is 8. The van der Waals surface area contributed by atoms with E-state index in [1.165, 1.54) is 36.2 Å². The normalized spacial score (nSPS) is 11.0. The topological polar surface area (TPSA) is 148 Å². The molecule has 0 unspecified atom stereocenters. The Morgan fingerprint density at radius 2 is 2.30 bits per heavy atom. The summed E-state index contributed by atoms with van der Waals surface area (Å²) in [7, 11) is 1.48. The van der Waals surface area contributed by atoms with Gasteiger partial charge in [0, 0.05) is 23.7 Å². The largest absolute Gasteiger partial charge is 0.496 e. The van der Waals surface area contributed by atoms with E-state index >= 15 is 0 Å². The summed E-state index contributed by atoms with van der Waals surface area (Å²) in [5, 5.41) is 21.8. The molecule has 1 aromatic carbocycles. The molecule has 0 saturated carbocycles. The molecule has 2 heterocycles. The van der Waals surface area contributed by atoms with Crippen molar-refractivity contribution in [3.63, 3.8) is 0 Å². The summed E-state index contributed by atoms with van der Waals surface area (Å²) in [6.07, 6.45) is 2.13. The molecule has 0 bridgehead atoms. The molecule has 0 saturated heterocycles. The number of benzene rings is 1. The minimum Gasteiger partial charge on any atom is -0.496 e. The van der Waals surface area contributed by atoms with Crippen LogP contribution in [0.2, 0.25) is 0 Å². The van der Waals surface area contributed by atoms with Crippen LogP contribution in [0, 0.1) is 10.1 Å². The molecular formula is C16H18N7O4+. The van der Waals surface area contributed by atoms with Gasteiger partial charge in [-0.2, -0.15) is 10.5 Å². The van der Waals surface area contributed by atoms with Crippen molar-refractivity contribution in [2.75, 3.05) is 18.4 Å². The van der Waals surface area contributed by atoms with E-state index in [1.807, 2.05) is 6.92 Å². The van der Waals surface area contributed by atoms with E-state index < -0.39 is 4.92 Å². The number of nitro groups is 1. The van der Waals surface area contributed by atoms with Crippen LogP contribution < -0.4 is 20.7 Å². The zero-order valence-electron chi connectivity index (χ0n) is 14.7. The highest BCUT2D eigenvalue weighted by Gasteiger charge is 2.16. The molecule has 2 aromatic heterocycles. The van der Waals surface area contributed by atoms with Crippen LogP contribution in [0.1, 0.15) is 18.5 Å². The lowest BCUT2D eigenvalue weighted by atomic mass is 10.1. The minimum absolute atomic E-state index is 0.0585. The van der Waals surface area contributed by atoms with Crippen LogP contribution in [0.25, 0.3) is 11.3 Å². The van der Waals surface area contributed by atoms with Crippen molar-refractivity contribution in [1.82, 2.24) is 10.2 Å². The van der Waals surface area contributed by atoms with Gasteiger partial charge in [-0.3, -0.25) is 16.0 Å². The molecule has 0 aliphatic heterocycles. The zero-order valence-corrected chi connectivity index (χ0v) is 14.7. The number of nitrogens with zero attached hydrogens (tertiary/aromatic N) is 4. The van der Waals surface area contributed by atoms with Gasteiger partial charge in [0.05, 0.1) is 17.6 Å². The molecule has 3 aromatic rings. The quantitative estimate of drug-likeness (QED) is 0.187. The second-order valence-electron chi connectivity index (χ2n) is 5.43. The van der Waals surface area contributed by atoms with Gasteiger partial charge in [-0.05, 0) is 18.2 Å². The zero-order chi connectivity index (χ0) is 19.4. The Kier molecular flexibility index (Phi) is 5.01. The van der Waals surface area contributed by atoms with Crippen molar-refractivity contribution in [1.29, 1.82) is 0 Å². The first-order valence-corrected chi connectivity index (χ1v) is 7.99. The maximum absolute atomic E-state index is 11.0. The number of rotatable bonds is 7. The smallest absolute Gasteiger partial charge is 0.421 e. The van der Waals surface area contributed by atoms with Crippen molar-refractivity contribution in [2.45, 2.75) is 13.3 Å². The number of aryl methyl sites for hydroxylation is 1. The third kappa shape index (κ3) is 3.71. The van der Waals surface area contributed by atoms with E-state index in [0.717, 1.165) is 5.82 Å². The van der Waals surface area contributed by atoms with Gasteiger partial charge in [-0.1, -0.05) is 6.92 Å². The summed E-state index contributed by atoms with van der Waals surface area (Å²) in [4.78, 5) is 10.5. The molecular weight excluding hydrogens is 354 g/mol. The minimum atomic E-state index is -0.478. The van der Waals surface area contributed by atoms with Crippen LogP contribution in [-0.2, 0) is 6.42 Å². The number of H-pyrrole nitrogens is 1. The molecule has 4 N–H and O–H groups in total. The third-order valence-electron chi connectivity index (χ3n) is 3.79. The molecule has 0 amide bonds. The Bertz CT molecular complexity index is 993. The van der Waals surface area contributed by atoms with Gasteiger partial charge >= 0.3 is 5.95 Å². The van der Waals surface area contributed by atoms with Crippen LogP contribution in [-0.4, -0.2) is 28.4 Å². The highest BCUT2D eigenvalue weighted by Crippen LogP contribution is 2.34. The molecule has 0 aliphatic rings. The number of furan rings is 1. The van der Waals surface area contributed by atoms with E-state index in [9.17, 15) is 10.1 Å². The summed E-state index contributed by atoms with van der Waals surface area (Å²) >= 11 is 0. The Balaban J connectivity index is 1.79. The summed E-state index contributed by atoms with van der Waals surface area (Å²) in [5.41, 5.74) is 3.12. The monoisotopic (exact) mass is 372 g/mol. The summed E-state index contributed by atoms with van der Waals surface area (Å²) in [6, 6.07) is 7.64. The number of aromatic nitrogens is 3. The second kappa shape index (κ2) is 7.56. The van der Waals surface area contributed by atoms with Gasteiger partial charge in [0.2, 0.25) is 5.82 Å². The third-order valence-corrected chi connectivity index (χ3v) is 3.79. The number of nitrogens with one attached hydrogen (secondary N) is 2. The predicted molar refractivity (Wildman–Crippen MR) is 96.9 cm³/mol.